The second-order valence-electron chi connectivity index (χ2n) is 7.63. The van der Waals surface area contributed by atoms with Crippen LogP contribution in [-0.2, 0) is 4.74 Å². The van der Waals surface area contributed by atoms with Gasteiger partial charge in [0.15, 0.2) is 0 Å². The fourth-order valence-electron chi connectivity index (χ4n) is 4.44. The van der Waals surface area contributed by atoms with Crippen molar-refractivity contribution in [2.75, 3.05) is 13.2 Å². The van der Waals surface area contributed by atoms with E-state index in [-0.39, 0.29) is 22.4 Å². The summed E-state index contributed by atoms with van der Waals surface area (Å²) < 4.78 is 21.3. The van der Waals surface area contributed by atoms with Crippen LogP contribution in [0.1, 0.15) is 34.1 Å². The molecule has 1 fully saturated rings. The number of carboxylic acid groups (broad SMARTS) is 1. The van der Waals surface area contributed by atoms with Crippen molar-refractivity contribution in [3.8, 4) is 22.6 Å². The summed E-state index contributed by atoms with van der Waals surface area (Å²) in [6.45, 7) is 1.26. The number of rotatable bonds is 4. The first-order chi connectivity index (χ1) is 15.0. The van der Waals surface area contributed by atoms with Gasteiger partial charge in [-0.25, -0.2) is 9.18 Å². The van der Waals surface area contributed by atoms with E-state index in [0.29, 0.717) is 18.6 Å². The van der Waals surface area contributed by atoms with Crippen LogP contribution in [0.25, 0.3) is 27.7 Å². The van der Waals surface area contributed by atoms with Gasteiger partial charge < -0.3 is 19.5 Å². The van der Waals surface area contributed by atoms with Crippen molar-refractivity contribution in [1.82, 2.24) is 4.57 Å². The van der Waals surface area contributed by atoms with E-state index in [4.69, 9.17) is 4.74 Å². The molecule has 4 aromatic rings. The van der Waals surface area contributed by atoms with Crippen LogP contribution in [0.2, 0.25) is 0 Å². The van der Waals surface area contributed by atoms with E-state index in [9.17, 15) is 19.4 Å². The number of benzene rings is 2. The van der Waals surface area contributed by atoms with Crippen LogP contribution in [0.4, 0.5) is 4.39 Å². The van der Waals surface area contributed by atoms with Gasteiger partial charge in [-0.15, -0.1) is 11.3 Å². The molecule has 0 unspecified atom stereocenters. The minimum Gasteiger partial charge on any atom is -0.507 e. The molecule has 0 atom stereocenters. The molecule has 1 saturated heterocycles. The molecule has 0 radical (unpaired) electrons. The Balaban J connectivity index is 1.87. The van der Waals surface area contributed by atoms with Gasteiger partial charge in [-0.2, -0.15) is 0 Å². The van der Waals surface area contributed by atoms with Crippen LogP contribution in [0, 0.1) is 5.82 Å². The molecule has 5 rings (SSSR count). The van der Waals surface area contributed by atoms with E-state index in [1.807, 2.05) is 11.4 Å². The SMILES string of the molecule is O=C(O)c1cc(-c2c(C3CCOCC3)n(-c3ccc(F)cc3)c3cccc(O)c23)cs1. The van der Waals surface area contributed by atoms with Gasteiger partial charge in [-0.1, -0.05) is 6.07 Å². The first-order valence-corrected chi connectivity index (χ1v) is 10.9. The first-order valence-electron chi connectivity index (χ1n) is 10.1. The summed E-state index contributed by atoms with van der Waals surface area (Å²) in [6, 6.07) is 13.3. The number of fused-ring (bicyclic) bond motifs is 1. The van der Waals surface area contributed by atoms with Gasteiger partial charge in [0.1, 0.15) is 16.4 Å². The lowest BCUT2D eigenvalue weighted by atomic mass is 9.90. The van der Waals surface area contributed by atoms with Crippen LogP contribution in [0.3, 0.4) is 0 Å². The molecule has 2 N–H and O–H groups in total. The lowest BCUT2D eigenvalue weighted by Crippen LogP contribution is -2.17. The van der Waals surface area contributed by atoms with Crippen molar-refractivity contribution >= 4 is 28.2 Å². The zero-order valence-electron chi connectivity index (χ0n) is 16.5. The molecule has 0 saturated carbocycles. The van der Waals surface area contributed by atoms with Crippen LogP contribution in [0.5, 0.6) is 5.75 Å². The number of nitrogens with zero attached hydrogens (tertiary/aromatic N) is 1. The summed E-state index contributed by atoms with van der Waals surface area (Å²) in [5.41, 5.74) is 4.16. The van der Waals surface area contributed by atoms with E-state index in [0.717, 1.165) is 52.2 Å². The maximum atomic E-state index is 13.7. The minimum atomic E-state index is -0.977. The van der Waals surface area contributed by atoms with Gasteiger partial charge in [0, 0.05) is 41.5 Å². The summed E-state index contributed by atoms with van der Waals surface area (Å²) in [5, 5.41) is 22.8. The molecule has 0 bridgehead atoms. The summed E-state index contributed by atoms with van der Waals surface area (Å²) >= 11 is 1.16. The molecule has 1 aliphatic rings. The van der Waals surface area contributed by atoms with Gasteiger partial charge in [0.2, 0.25) is 0 Å². The zero-order valence-corrected chi connectivity index (χ0v) is 17.4. The molecule has 0 spiro atoms. The third-order valence-electron chi connectivity index (χ3n) is 5.80. The van der Waals surface area contributed by atoms with Crippen molar-refractivity contribution in [2.24, 2.45) is 0 Å². The second kappa shape index (κ2) is 7.83. The predicted octanol–water partition coefficient (Wildman–Crippen LogP) is 5.80. The number of hydrogen-bond donors (Lipinski definition) is 2. The highest BCUT2D eigenvalue weighted by Gasteiger charge is 2.29. The molecule has 7 heteroatoms. The van der Waals surface area contributed by atoms with Crippen LogP contribution in [0.15, 0.2) is 53.9 Å². The summed E-state index contributed by atoms with van der Waals surface area (Å²) in [6.07, 6.45) is 1.61. The monoisotopic (exact) mass is 437 g/mol. The smallest absolute Gasteiger partial charge is 0.345 e. The number of hydrogen-bond acceptors (Lipinski definition) is 4. The van der Waals surface area contributed by atoms with Crippen LogP contribution in [-0.4, -0.2) is 34.0 Å². The molecule has 158 valence electrons. The molecule has 0 aliphatic carbocycles. The quantitative estimate of drug-likeness (QED) is 0.424. The normalized spacial score (nSPS) is 14.9. The fraction of sp³-hybridized carbons (Fsp3) is 0.208. The first kappa shape index (κ1) is 19.8. The van der Waals surface area contributed by atoms with Crippen molar-refractivity contribution in [3.63, 3.8) is 0 Å². The Bertz CT molecular complexity index is 1270. The largest absolute Gasteiger partial charge is 0.507 e. The van der Waals surface area contributed by atoms with E-state index in [1.165, 1.54) is 12.1 Å². The Hall–Kier alpha value is -3.16. The molecule has 31 heavy (non-hydrogen) atoms. The van der Waals surface area contributed by atoms with Crippen LogP contribution < -0.4 is 0 Å². The summed E-state index contributed by atoms with van der Waals surface area (Å²) in [7, 11) is 0. The van der Waals surface area contributed by atoms with Crippen LogP contribution >= 0.6 is 11.3 Å². The van der Waals surface area contributed by atoms with Crippen molar-refractivity contribution in [2.45, 2.75) is 18.8 Å². The van der Waals surface area contributed by atoms with Crippen molar-refractivity contribution in [1.29, 1.82) is 0 Å². The Morgan fingerprint density at radius 2 is 1.87 bits per heavy atom. The third-order valence-corrected chi connectivity index (χ3v) is 6.72. The molecule has 3 heterocycles. The highest BCUT2D eigenvalue weighted by Crippen LogP contribution is 2.47. The maximum absolute atomic E-state index is 13.7. The van der Waals surface area contributed by atoms with Crippen molar-refractivity contribution < 1.29 is 24.1 Å². The summed E-state index contributed by atoms with van der Waals surface area (Å²) in [5.74, 6) is -1.02. The topological polar surface area (TPSA) is 71.7 Å². The molecular weight excluding hydrogens is 417 g/mol. The van der Waals surface area contributed by atoms with E-state index in [1.54, 1.807) is 30.3 Å². The Labute approximate surface area is 181 Å². The molecule has 2 aromatic carbocycles. The average molecular weight is 437 g/mol. The lowest BCUT2D eigenvalue weighted by Gasteiger charge is -2.25. The lowest BCUT2D eigenvalue weighted by molar-refractivity contribution is 0.0702. The predicted molar refractivity (Wildman–Crippen MR) is 118 cm³/mol. The Morgan fingerprint density at radius 1 is 1.13 bits per heavy atom. The number of aromatic carboxylic acids is 1. The standard InChI is InChI=1S/C24H20FNO4S/c25-16-4-6-17(7-5-16)26-18-2-1-3-19(27)22(18)21(15-12-20(24(28)29)31-13-15)23(26)14-8-10-30-11-9-14/h1-7,12-14,27H,8-11H2,(H,28,29). The van der Waals surface area contributed by atoms with Gasteiger partial charge in [-0.3, -0.25) is 0 Å². The highest BCUT2D eigenvalue weighted by atomic mass is 32.1. The second-order valence-corrected chi connectivity index (χ2v) is 8.55. The number of carbonyl (C=O) groups is 1. The number of phenols is 1. The Morgan fingerprint density at radius 3 is 2.55 bits per heavy atom. The number of aromatic hydroxyl groups is 1. The number of carboxylic acids is 1. The number of phenolic OH excluding ortho intramolecular Hbond substituents is 1. The molecule has 1 aliphatic heterocycles. The fourth-order valence-corrected chi connectivity index (χ4v) is 5.17. The molecule has 5 nitrogen and oxygen atoms in total. The average Bonchev–Trinajstić information content (AvgIpc) is 3.39. The summed E-state index contributed by atoms with van der Waals surface area (Å²) in [4.78, 5) is 11.8. The molecular formula is C24H20FNO4S. The number of halogens is 1. The zero-order chi connectivity index (χ0) is 21.5. The Kier molecular flexibility index (Phi) is 5.00. The number of aromatic nitrogens is 1. The van der Waals surface area contributed by atoms with Gasteiger partial charge >= 0.3 is 5.97 Å². The maximum Gasteiger partial charge on any atom is 0.345 e. The molecule has 0 amide bonds. The molecule has 2 aromatic heterocycles. The van der Waals surface area contributed by atoms with Gasteiger partial charge in [0.05, 0.1) is 5.52 Å². The minimum absolute atomic E-state index is 0.129. The van der Waals surface area contributed by atoms with E-state index < -0.39 is 5.97 Å². The van der Waals surface area contributed by atoms with E-state index >= 15 is 0 Å². The number of thiophene rings is 1. The van der Waals surface area contributed by atoms with Crippen molar-refractivity contribution in [3.05, 3.63) is 70.3 Å². The number of ether oxygens (including phenoxy) is 1. The highest BCUT2D eigenvalue weighted by molar-refractivity contribution is 7.12. The third kappa shape index (κ3) is 3.40. The van der Waals surface area contributed by atoms with E-state index in [2.05, 4.69) is 4.57 Å². The van der Waals surface area contributed by atoms with Gasteiger partial charge in [-0.05, 0) is 66.2 Å². The van der Waals surface area contributed by atoms with Gasteiger partial charge in [0.25, 0.3) is 0 Å².